The van der Waals surface area contributed by atoms with Gasteiger partial charge >= 0.3 is 0 Å². The van der Waals surface area contributed by atoms with Crippen LogP contribution in [0.5, 0.6) is 0 Å². The van der Waals surface area contributed by atoms with Crippen LogP contribution in [0.15, 0.2) is 42.5 Å². The van der Waals surface area contributed by atoms with E-state index in [9.17, 15) is 22.8 Å². The molecule has 0 unspecified atom stereocenters. The number of anilines is 2. The van der Waals surface area contributed by atoms with Crippen LogP contribution in [0.25, 0.3) is 0 Å². The van der Waals surface area contributed by atoms with Crippen molar-refractivity contribution in [2.45, 2.75) is 0 Å². The molecule has 0 aromatic heterocycles. The summed E-state index contributed by atoms with van der Waals surface area (Å²) in [5, 5.41) is 4.55. The lowest BCUT2D eigenvalue weighted by atomic mass is 10.2. The first-order chi connectivity index (χ1) is 13.9. The Balaban J connectivity index is 1.40. The van der Waals surface area contributed by atoms with Crippen molar-refractivity contribution in [1.29, 1.82) is 0 Å². The van der Waals surface area contributed by atoms with Crippen molar-refractivity contribution in [3.05, 3.63) is 59.9 Å². The number of carbonyl (C=O) groups excluding carboxylic acids is 2. The second-order valence-corrected chi connectivity index (χ2v) is 6.65. The number of nitrogens with one attached hydrogen (secondary N) is 2. The molecule has 29 heavy (non-hydrogen) atoms. The largest absolute Gasteiger partial charge is 0.369 e. The van der Waals surface area contributed by atoms with Gasteiger partial charge in [0.1, 0.15) is 0 Å². The molecule has 2 aromatic carbocycles. The summed E-state index contributed by atoms with van der Waals surface area (Å²) in [7, 11) is 0. The van der Waals surface area contributed by atoms with Crippen LogP contribution in [-0.2, 0) is 9.59 Å². The fourth-order valence-corrected chi connectivity index (χ4v) is 3.06. The number of rotatable bonds is 6. The lowest BCUT2D eigenvalue weighted by Gasteiger charge is -2.35. The van der Waals surface area contributed by atoms with Gasteiger partial charge in [0.2, 0.25) is 11.8 Å². The van der Waals surface area contributed by atoms with E-state index in [0.29, 0.717) is 19.2 Å². The molecule has 0 aliphatic carbocycles. The van der Waals surface area contributed by atoms with Crippen molar-refractivity contribution >= 4 is 23.2 Å². The number of para-hydroxylation sites is 1. The van der Waals surface area contributed by atoms with E-state index in [2.05, 4.69) is 15.5 Å². The second kappa shape index (κ2) is 9.42. The zero-order chi connectivity index (χ0) is 20.8. The summed E-state index contributed by atoms with van der Waals surface area (Å²) in [6, 6.07) is 11.6. The molecule has 0 bridgehead atoms. The van der Waals surface area contributed by atoms with Gasteiger partial charge in [-0.25, -0.2) is 13.2 Å². The molecule has 1 aliphatic rings. The third-order valence-corrected chi connectivity index (χ3v) is 4.62. The summed E-state index contributed by atoms with van der Waals surface area (Å²) in [5.41, 5.74) is 0.651. The van der Waals surface area contributed by atoms with Crippen molar-refractivity contribution < 1.29 is 22.8 Å². The molecule has 1 heterocycles. The van der Waals surface area contributed by atoms with Crippen molar-refractivity contribution in [2.24, 2.45) is 0 Å². The molecule has 0 spiro atoms. The standard InChI is InChI=1S/C20H21F3N4O2/c21-15-6-7-16(20(23)19(15)22)25-17(28)12-24-18(29)13-26-8-10-27(11-9-26)14-4-2-1-3-5-14/h1-7H,8-13H2,(H,24,29)(H,25,28). The summed E-state index contributed by atoms with van der Waals surface area (Å²) in [6.45, 7) is 2.71. The maximum atomic E-state index is 13.6. The minimum Gasteiger partial charge on any atom is -0.369 e. The van der Waals surface area contributed by atoms with E-state index in [4.69, 9.17) is 0 Å². The van der Waals surface area contributed by atoms with Crippen molar-refractivity contribution in [3.63, 3.8) is 0 Å². The third-order valence-electron chi connectivity index (χ3n) is 4.62. The van der Waals surface area contributed by atoms with Crippen molar-refractivity contribution in [1.82, 2.24) is 10.2 Å². The normalized spacial score (nSPS) is 14.5. The Labute approximate surface area is 166 Å². The molecule has 2 aromatic rings. The molecule has 0 saturated carbocycles. The van der Waals surface area contributed by atoms with Gasteiger partial charge < -0.3 is 15.5 Å². The maximum Gasteiger partial charge on any atom is 0.243 e. The van der Waals surface area contributed by atoms with Crippen molar-refractivity contribution in [3.8, 4) is 0 Å². The Bertz CT molecular complexity index is 872. The number of hydrogen-bond acceptors (Lipinski definition) is 4. The number of halogens is 3. The molecular formula is C20H21F3N4O2. The molecule has 154 valence electrons. The molecule has 1 aliphatic heterocycles. The van der Waals surface area contributed by atoms with Crippen LogP contribution in [0.1, 0.15) is 0 Å². The minimum absolute atomic E-state index is 0.134. The number of carbonyl (C=O) groups is 2. The van der Waals surface area contributed by atoms with Gasteiger partial charge in [0, 0.05) is 31.9 Å². The Morgan fingerprint density at radius 2 is 1.55 bits per heavy atom. The van der Waals surface area contributed by atoms with Crippen LogP contribution >= 0.6 is 0 Å². The fourth-order valence-electron chi connectivity index (χ4n) is 3.06. The Kier molecular flexibility index (Phi) is 6.71. The highest BCUT2D eigenvalue weighted by Crippen LogP contribution is 2.19. The van der Waals surface area contributed by atoms with Gasteiger partial charge in [-0.3, -0.25) is 14.5 Å². The molecule has 1 fully saturated rings. The van der Waals surface area contributed by atoms with E-state index in [1.807, 2.05) is 35.2 Å². The SMILES string of the molecule is O=C(CN1CCN(c2ccccc2)CC1)NCC(=O)Nc1ccc(F)c(F)c1F. The highest BCUT2D eigenvalue weighted by Gasteiger charge is 2.20. The number of benzene rings is 2. The summed E-state index contributed by atoms with van der Waals surface area (Å²) >= 11 is 0. The number of nitrogens with zero attached hydrogens (tertiary/aromatic N) is 2. The van der Waals surface area contributed by atoms with Crippen LogP contribution in [-0.4, -0.2) is 56.0 Å². The van der Waals surface area contributed by atoms with Gasteiger partial charge in [-0.1, -0.05) is 18.2 Å². The maximum absolute atomic E-state index is 13.6. The third kappa shape index (κ3) is 5.47. The van der Waals surface area contributed by atoms with E-state index < -0.39 is 35.6 Å². The first-order valence-electron chi connectivity index (χ1n) is 9.16. The molecule has 3 rings (SSSR count). The molecule has 6 nitrogen and oxygen atoms in total. The number of hydrogen-bond donors (Lipinski definition) is 2. The van der Waals surface area contributed by atoms with E-state index >= 15 is 0 Å². The smallest absolute Gasteiger partial charge is 0.243 e. The lowest BCUT2D eigenvalue weighted by Crippen LogP contribution is -2.50. The first-order valence-corrected chi connectivity index (χ1v) is 9.16. The summed E-state index contributed by atoms with van der Waals surface area (Å²) in [5.74, 6) is -5.58. The highest BCUT2D eigenvalue weighted by molar-refractivity contribution is 5.94. The van der Waals surface area contributed by atoms with Gasteiger partial charge in [0.15, 0.2) is 17.5 Å². The van der Waals surface area contributed by atoms with Crippen LogP contribution in [0.3, 0.4) is 0 Å². The van der Waals surface area contributed by atoms with Crippen LogP contribution in [0.2, 0.25) is 0 Å². The van der Waals surface area contributed by atoms with Gasteiger partial charge in [-0.15, -0.1) is 0 Å². The zero-order valence-corrected chi connectivity index (χ0v) is 15.6. The average Bonchev–Trinajstić information content (AvgIpc) is 2.74. The molecule has 2 N–H and O–H groups in total. The van der Waals surface area contributed by atoms with Gasteiger partial charge in [-0.05, 0) is 24.3 Å². The van der Waals surface area contributed by atoms with Gasteiger partial charge in [0.25, 0.3) is 0 Å². The number of amides is 2. The number of piperazine rings is 1. The van der Waals surface area contributed by atoms with Crippen LogP contribution in [0.4, 0.5) is 24.5 Å². The monoisotopic (exact) mass is 406 g/mol. The van der Waals surface area contributed by atoms with E-state index in [1.54, 1.807) is 0 Å². The minimum atomic E-state index is -1.67. The Morgan fingerprint density at radius 1 is 0.862 bits per heavy atom. The summed E-state index contributed by atoms with van der Waals surface area (Å²) < 4.78 is 39.6. The summed E-state index contributed by atoms with van der Waals surface area (Å²) in [6.07, 6.45) is 0. The average molecular weight is 406 g/mol. The Hall–Kier alpha value is -3.07. The first kappa shape index (κ1) is 20.7. The summed E-state index contributed by atoms with van der Waals surface area (Å²) in [4.78, 5) is 28.1. The van der Waals surface area contributed by atoms with E-state index in [0.717, 1.165) is 24.8 Å². The van der Waals surface area contributed by atoms with Crippen molar-refractivity contribution in [2.75, 3.05) is 49.5 Å². The quantitative estimate of drug-likeness (QED) is 0.721. The zero-order valence-electron chi connectivity index (χ0n) is 15.6. The van der Waals surface area contributed by atoms with E-state index in [-0.39, 0.29) is 12.5 Å². The topological polar surface area (TPSA) is 64.7 Å². The van der Waals surface area contributed by atoms with E-state index in [1.165, 1.54) is 0 Å². The fraction of sp³-hybridized carbons (Fsp3) is 0.300. The molecule has 9 heteroatoms. The Morgan fingerprint density at radius 3 is 2.24 bits per heavy atom. The molecule has 0 radical (unpaired) electrons. The highest BCUT2D eigenvalue weighted by atomic mass is 19.2. The molecule has 1 saturated heterocycles. The van der Waals surface area contributed by atoms with Gasteiger partial charge in [0.05, 0.1) is 18.8 Å². The second-order valence-electron chi connectivity index (χ2n) is 6.65. The van der Waals surface area contributed by atoms with Gasteiger partial charge in [-0.2, -0.15) is 0 Å². The predicted molar refractivity (Wildman–Crippen MR) is 103 cm³/mol. The molecule has 0 atom stereocenters. The van der Waals surface area contributed by atoms with Crippen LogP contribution < -0.4 is 15.5 Å². The predicted octanol–water partition coefficient (Wildman–Crippen LogP) is 1.98. The molecular weight excluding hydrogens is 385 g/mol. The molecule has 2 amide bonds. The van der Waals surface area contributed by atoms with Crippen LogP contribution in [0, 0.1) is 17.5 Å². The lowest BCUT2D eigenvalue weighted by molar-refractivity contribution is -0.125.